The van der Waals surface area contributed by atoms with Crippen LogP contribution in [0.5, 0.6) is 0 Å². The molecule has 1 aromatic carbocycles. The summed E-state index contributed by atoms with van der Waals surface area (Å²) in [6.45, 7) is 2.00. The third kappa shape index (κ3) is 2.77. The highest BCUT2D eigenvalue weighted by atomic mass is 32.1. The quantitative estimate of drug-likeness (QED) is 0.645. The molecule has 0 saturated heterocycles. The number of benzene rings is 1. The van der Waals surface area contributed by atoms with Gasteiger partial charge in [0.05, 0.1) is 25.2 Å². The summed E-state index contributed by atoms with van der Waals surface area (Å²) >= 11 is 4.32. The lowest BCUT2D eigenvalue weighted by Crippen LogP contribution is -2.06. The van der Waals surface area contributed by atoms with E-state index < -0.39 is 0 Å². The summed E-state index contributed by atoms with van der Waals surface area (Å²) in [6, 6.07) is 5.62. The van der Waals surface area contributed by atoms with Crippen molar-refractivity contribution in [2.24, 2.45) is 0 Å². The second-order valence-corrected chi connectivity index (χ2v) is 3.84. The number of rotatable bonds is 3. The van der Waals surface area contributed by atoms with Crippen molar-refractivity contribution < 1.29 is 9.53 Å². The topological polar surface area (TPSA) is 50.1 Å². The Labute approximate surface area is 100 Å². The number of ether oxygens (including phenoxy) is 1. The monoisotopic (exact) mass is 235 g/mol. The van der Waals surface area contributed by atoms with E-state index in [1.807, 2.05) is 6.92 Å². The molecule has 0 atom stereocenters. The molecule has 0 heterocycles. The minimum absolute atomic E-state index is 0.108. The second-order valence-electron chi connectivity index (χ2n) is 3.36. The molecule has 84 valence electrons. The highest BCUT2D eigenvalue weighted by molar-refractivity contribution is 7.80. The molecule has 0 unspecified atom stereocenters. The molecule has 0 aromatic heterocycles. The number of esters is 1. The van der Waals surface area contributed by atoms with Crippen LogP contribution in [0.3, 0.4) is 0 Å². The number of carbonyl (C=O) groups excluding carboxylic acids is 1. The van der Waals surface area contributed by atoms with Gasteiger partial charge in [0, 0.05) is 4.90 Å². The summed E-state index contributed by atoms with van der Waals surface area (Å²) in [5, 5.41) is 8.99. The van der Waals surface area contributed by atoms with Gasteiger partial charge in [-0.25, -0.2) is 0 Å². The zero-order valence-corrected chi connectivity index (χ0v) is 10.2. The lowest BCUT2D eigenvalue weighted by atomic mass is 10.0. The van der Waals surface area contributed by atoms with E-state index >= 15 is 0 Å². The smallest absolute Gasteiger partial charge is 0.310 e. The van der Waals surface area contributed by atoms with E-state index in [0.29, 0.717) is 11.1 Å². The van der Waals surface area contributed by atoms with Crippen molar-refractivity contribution in [1.29, 1.82) is 5.26 Å². The molecule has 1 rings (SSSR count). The molecule has 1 aromatic rings. The average molecular weight is 235 g/mol. The van der Waals surface area contributed by atoms with E-state index in [4.69, 9.17) is 5.26 Å². The van der Waals surface area contributed by atoms with Crippen molar-refractivity contribution in [3.05, 3.63) is 28.8 Å². The molecule has 0 spiro atoms. The predicted octanol–water partition coefficient (Wildman–Crippen LogP) is 2.12. The normalized spacial score (nSPS) is 9.62. The van der Waals surface area contributed by atoms with Crippen LogP contribution in [-0.2, 0) is 22.4 Å². The molecule has 0 saturated carbocycles. The summed E-state index contributed by atoms with van der Waals surface area (Å²) in [4.78, 5) is 12.0. The molecular weight excluding hydrogens is 222 g/mol. The Morgan fingerprint density at radius 3 is 2.69 bits per heavy atom. The van der Waals surface area contributed by atoms with Crippen LogP contribution in [0.15, 0.2) is 17.0 Å². The van der Waals surface area contributed by atoms with Crippen LogP contribution in [0, 0.1) is 11.3 Å². The number of hydrogen-bond acceptors (Lipinski definition) is 4. The zero-order chi connectivity index (χ0) is 12.1. The van der Waals surface area contributed by atoms with E-state index in [1.165, 1.54) is 7.11 Å². The molecular formula is C12H13NO2S. The Morgan fingerprint density at radius 1 is 1.50 bits per heavy atom. The first-order valence-electron chi connectivity index (χ1n) is 4.94. The van der Waals surface area contributed by atoms with Gasteiger partial charge in [-0.2, -0.15) is 5.26 Å². The van der Waals surface area contributed by atoms with Gasteiger partial charge in [0.1, 0.15) is 0 Å². The van der Waals surface area contributed by atoms with Crippen molar-refractivity contribution in [1.82, 2.24) is 0 Å². The fourth-order valence-corrected chi connectivity index (χ4v) is 1.82. The van der Waals surface area contributed by atoms with Gasteiger partial charge in [-0.05, 0) is 29.7 Å². The Bertz CT molecular complexity index is 449. The summed E-state index contributed by atoms with van der Waals surface area (Å²) in [6.07, 6.45) is 0.920. The van der Waals surface area contributed by atoms with E-state index in [9.17, 15) is 4.79 Å². The third-order valence-electron chi connectivity index (χ3n) is 2.37. The molecule has 0 amide bonds. The van der Waals surface area contributed by atoms with Crippen LogP contribution < -0.4 is 0 Å². The zero-order valence-electron chi connectivity index (χ0n) is 9.28. The van der Waals surface area contributed by atoms with Gasteiger partial charge in [-0.15, -0.1) is 12.6 Å². The minimum atomic E-state index is -0.353. The van der Waals surface area contributed by atoms with E-state index in [1.54, 1.807) is 12.1 Å². The number of nitriles is 1. The maximum Gasteiger partial charge on any atom is 0.310 e. The van der Waals surface area contributed by atoms with E-state index in [0.717, 1.165) is 16.9 Å². The number of hydrogen-bond donors (Lipinski definition) is 1. The van der Waals surface area contributed by atoms with Crippen LogP contribution in [0.1, 0.15) is 23.6 Å². The fourth-order valence-electron chi connectivity index (χ4n) is 1.44. The molecule has 3 nitrogen and oxygen atoms in total. The molecule has 16 heavy (non-hydrogen) atoms. The SMILES string of the molecule is CCc1cc(C#N)c(CC(=O)OC)cc1S. The molecule has 0 fully saturated rings. The van der Waals surface area contributed by atoms with Crippen LogP contribution >= 0.6 is 12.6 Å². The lowest BCUT2D eigenvalue weighted by Gasteiger charge is -2.08. The molecule has 0 aliphatic rings. The molecule has 0 radical (unpaired) electrons. The number of nitrogens with zero attached hydrogens (tertiary/aromatic N) is 1. The third-order valence-corrected chi connectivity index (χ3v) is 2.78. The fraction of sp³-hybridized carbons (Fsp3) is 0.333. The highest BCUT2D eigenvalue weighted by Crippen LogP contribution is 2.21. The first-order valence-corrected chi connectivity index (χ1v) is 5.38. The van der Waals surface area contributed by atoms with E-state index in [-0.39, 0.29) is 12.4 Å². The first-order chi connectivity index (χ1) is 7.62. The van der Waals surface area contributed by atoms with E-state index in [2.05, 4.69) is 23.4 Å². The first kappa shape index (κ1) is 12.6. The largest absolute Gasteiger partial charge is 0.469 e. The minimum Gasteiger partial charge on any atom is -0.469 e. The van der Waals surface area contributed by atoms with Crippen molar-refractivity contribution >= 4 is 18.6 Å². The van der Waals surface area contributed by atoms with Gasteiger partial charge in [0.2, 0.25) is 0 Å². The summed E-state index contributed by atoms with van der Waals surface area (Å²) in [5.74, 6) is -0.353. The van der Waals surface area contributed by atoms with Gasteiger partial charge in [-0.3, -0.25) is 4.79 Å². The van der Waals surface area contributed by atoms with Crippen molar-refractivity contribution in [2.75, 3.05) is 7.11 Å². The lowest BCUT2D eigenvalue weighted by molar-refractivity contribution is -0.139. The molecule has 0 aliphatic carbocycles. The van der Waals surface area contributed by atoms with Crippen LogP contribution in [-0.4, -0.2) is 13.1 Å². The Hall–Kier alpha value is -1.47. The van der Waals surface area contributed by atoms with Crippen molar-refractivity contribution in [2.45, 2.75) is 24.7 Å². The summed E-state index contributed by atoms with van der Waals surface area (Å²) in [7, 11) is 1.33. The maximum atomic E-state index is 11.2. The van der Waals surface area contributed by atoms with Crippen molar-refractivity contribution in [3.63, 3.8) is 0 Å². The number of carbonyl (C=O) groups is 1. The maximum absolute atomic E-state index is 11.2. The van der Waals surface area contributed by atoms with Gasteiger partial charge < -0.3 is 4.74 Å². The average Bonchev–Trinajstić information content (AvgIpc) is 2.29. The number of methoxy groups -OCH3 is 1. The van der Waals surface area contributed by atoms with Crippen molar-refractivity contribution in [3.8, 4) is 6.07 Å². The van der Waals surface area contributed by atoms with Gasteiger partial charge >= 0.3 is 5.97 Å². The predicted molar refractivity (Wildman–Crippen MR) is 63.5 cm³/mol. The Morgan fingerprint density at radius 2 is 2.19 bits per heavy atom. The Balaban J connectivity index is 3.14. The summed E-state index contributed by atoms with van der Waals surface area (Å²) < 4.78 is 4.58. The van der Waals surface area contributed by atoms with Crippen LogP contribution in [0.25, 0.3) is 0 Å². The van der Waals surface area contributed by atoms with Gasteiger partial charge in [0.15, 0.2) is 0 Å². The Kier molecular flexibility index (Phi) is 4.39. The van der Waals surface area contributed by atoms with Gasteiger partial charge in [-0.1, -0.05) is 6.92 Å². The second kappa shape index (κ2) is 5.57. The number of aryl methyl sites for hydroxylation is 1. The number of thiol groups is 1. The van der Waals surface area contributed by atoms with Gasteiger partial charge in [0.25, 0.3) is 0 Å². The van der Waals surface area contributed by atoms with Crippen LogP contribution in [0.2, 0.25) is 0 Å². The molecule has 0 N–H and O–H groups in total. The molecule has 0 aliphatic heterocycles. The summed E-state index contributed by atoms with van der Waals surface area (Å²) in [5.41, 5.74) is 2.19. The highest BCUT2D eigenvalue weighted by Gasteiger charge is 2.10. The van der Waals surface area contributed by atoms with Crippen LogP contribution in [0.4, 0.5) is 0 Å². The molecule has 4 heteroatoms. The molecule has 0 bridgehead atoms. The standard InChI is InChI=1S/C12H13NO2S/c1-3-8-4-10(7-13)9(5-11(8)16)6-12(14)15-2/h4-5,16H,3,6H2,1-2H3.